The van der Waals surface area contributed by atoms with E-state index in [0.717, 1.165) is 62.5 Å². The first-order valence-corrected chi connectivity index (χ1v) is 13.7. The Morgan fingerprint density at radius 1 is 1.03 bits per heavy atom. The molecule has 2 saturated carbocycles. The van der Waals surface area contributed by atoms with Crippen molar-refractivity contribution < 1.29 is 18.8 Å². The van der Waals surface area contributed by atoms with Gasteiger partial charge in [-0.25, -0.2) is 4.79 Å². The Hall–Kier alpha value is -2.44. The minimum Gasteiger partial charge on any atom is -0.444 e. The number of carbonyl (C=O) groups is 1. The van der Waals surface area contributed by atoms with Crippen molar-refractivity contribution in [2.75, 3.05) is 0 Å². The first-order valence-electron chi connectivity index (χ1n) is 13.7. The zero-order valence-electron chi connectivity index (χ0n) is 22.2. The molecule has 3 aliphatic rings. The van der Waals surface area contributed by atoms with E-state index >= 15 is 0 Å². The first-order chi connectivity index (χ1) is 17.0. The van der Waals surface area contributed by atoms with Crippen LogP contribution in [0, 0.1) is 34.7 Å². The number of hydrogen-bond acceptors (Lipinski definition) is 4. The molecule has 7 heteroatoms. The SMILES string of the molecule is Cc1cc([N+](=O)[O-])c(F)cc1C1=C[C@@H](C2CCCCC2)N(C(=O)OC(C)(C)C)[C@@H](C2CCCCC2)C1. The Morgan fingerprint density at radius 2 is 1.61 bits per heavy atom. The largest absolute Gasteiger partial charge is 0.444 e. The molecule has 0 aromatic heterocycles. The average molecular weight is 501 g/mol. The van der Waals surface area contributed by atoms with Crippen LogP contribution in [0.5, 0.6) is 0 Å². The van der Waals surface area contributed by atoms with Crippen LogP contribution in [0.1, 0.15) is 103 Å². The fraction of sp³-hybridized carbons (Fsp3) is 0.690. The number of nitro groups is 1. The standard InChI is InChI=1S/C29H41FN2O4/c1-19-15-27(32(34)35)24(30)18-23(19)22-16-25(20-11-7-5-8-12-20)31(28(33)36-29(2,3)4)26(17-22)21-13-9-6-10-14-21/h15-16,18,20-21,25-26H,5-14,17H2,1-4H3/t25-,26+/m0/s1. The molecule has 2 fully saturated rings. The van der Waals surface area contributed by atoms with Gasteiger partial charge in [0.1, 0.15) is 5.60 Å². The van der Waals surface area contributed by atoms with Crippen molar-refractivity contribution in [1.29, 1.82) is 0 Å². The van der Waals surface area contributed by atoms with Gasteiger partial charge in [0.2, 0.25) is 5.82 Å². The summed E-state index contributed by atoms with van der Waals surface area (Å²) >= 11 is 0. The normalized spacial score (nSPS) is 24.4. The molecule has 1 aliphatic heterocycles. The smallest absolute Gasteiger partial charge is 0.411 e. The van der Waals surface area contributed by atoms with E-state index in [1.165, 1.54) is 25.0 Å². The van der Waals surface area contributed by atoms with Gasteiger partial charge in [-0.1, -0.05) is 44.6 Å². The van der Waals surface area contributed by atoms with Crippen LogP contribution in [-0.2, 0) is 4.74 Å². The third-order valence-electron chi connectivity index (χ3n) is 8.25. The number of hydrogen-bond donors (Lipinski definition) is 0. The lowest BCUT2D eigenvalue weighted by atomic mass is 9.74. The molecular formula is C29H41FN2O4. The van der Waals surface area contributed by atoms with Crippen LogP contribution in [0.2, 0.25) is 0 Å². The minimum atomic E-state index is -0.806. The third kappa shape index (κ3) is 5.92. The van der Waals surface area contributed by atoms with Crippen LogP contribution in [0.4, 0.5) is 14.9 Å². The Morgan fingerprint density at radius 3 is 2.17 bits per heavy atom. The molecule has 36 heavy (non-hydrogen) atoms. The average Bonchev–Trinajstić information content (AvgIpc) is 2.84. The highest BCUT2D eigenvalue weighted by molar-refractivity contribution is 5.76. The molecular weight excluding hydrogens is 459 g/mol. The van der Waals surface area contributed by atoms with Gasteiger partial charge < -0.3 is 4.74 Å². The second-order valence-electron chi connectivity index (χ2n) is 12.0. The number of rotatable bonds is 4. The summed E-state index contributed by atoms with van der Waals surface area (Å²) in [7, 11) is 0. The molecule has 4 rings (SSSR count). The number of nitro benzene ring substituents is 1. The van der Waals surface area contributed by atoms with E-state index in [4.69, 9.17) is 4.74 Å². The molecule has 1 heterocycles. The lowest BCUT2D eigenvalue weighted by Crippen LogP contribution is -2.56. The maximum atomic E-state index is 14.8. The summed E-state index contributed by atoms with van der Waals surface area (Å²) in [6.07, 6.45) is 13.8. The Balaban J connectivity index is 1.80. The molecule has 6 nitrogen and oxygen atoms in total. The highest BCUT2D eigenvalue weighted by Crippen LogP contribution is 2.44. The summed E-state index contributed by atoms with van der Waals surface area (Å²) in [5.41, 5.74) is 1.35. The zero-order chi connectivity index (χ0) is 26.0. The predicted octanol–water partition coefficient (Wildman–Crippen LogP) is 7.96. The summed E-state index contributed by atoms with van der Waals surface area (Å²) in [4.78, 5) is 26.4. The van der Waals surface area contributed by atoms with E-state index in [2.05, 4.69) is 6.08 Å². The molecule has 1 aromatic carbocycles. The molecule has 1 amide bonds. The Labute approximate surface area is 214 Å². The van der Waals surface area contributed by atoms with Crippen LogP contribution < -0.4 is 0 Å². The topological polar surface area (TPSA) is 72.7 Å². The highest BCUT2D eigenvalue weighted by atomic mass is 19.1. The molecule has 0 spiro atoms. The van der Waals surface area contributed by atoms with Gasteiger partial charge in [-0.2, -0.15) is 4.39 Å². The van der Waals surface area contributed by atoms with Crippen molar-refractivity contribution in [2.24, 2.45) is 11.8 Å². The van der Waals surface area contributed by atoms with Crippen molar-refractivity contribution in [3.8, 4) is 0 Å². The molecule has 0 radical (unpaired) electrons. The fourth-order valence-corrected chi connectivity index (χ4v) is 6.57. The van der Waals surface area contributed by atoms with Crippen LogP contribution in [-0.4, -0.2) is 33.6 Å². The number of benzene rings is 1. The van der Waals surface area contributed by atoms with Gasteiger partial charge in [-0.05, 0) is 94.4 Å². The molecule has 0 N–H and O–H groups in total. The number of amides is 1. The Kier molecular flexibility index (Phi) is 8.06. The predicted molar refractivity (Wildman–Crippen MR) is 139 cm³/mol. The van der Waals surface area contributed by atoms with E-state index in [9.17, 15) is 19.3 Å². The molecule has 1 aromatic rings. The molecule has 2 atom stereocenters. The van der Waals surface area contributed by atoms with Crippen molar-refractivity contribution >= 4 is 17.4 Å². The van der Waals surface area contributed by atoms with E-state index in [0.29, 0.717) is 23.8 Å². The molecule has 0 saturated heterocycles. The van der Waals surface area contributed by atoms with E-state index < -0.39 is 22.0 Å². The number of ether oxygens (including phenoxy) is 1. The van der Waals surface area contributed by atoms with Crippen LogP contribution >= 0.6 is 0 Å². The molecule has 0 bridgehead atoms. The highest BCUT2D eigenvalue weighted by Gasteiger charge is 2.44. The van der Waals surface area contributed by atoms with Crippen LogP contribution in [0.3, 0.4) is 0 Å². The summed E-state index contributed by atoms with van der Waals surface area (Å²) < 4.78 is 20.7. The number of aryl methyl sites for hydroxylation is 1. The van der Waals surface area contributed by atoms with E-state index in [-0.39, 0.29) is 18.2 Å². The third-order valence-corrected chi connectivity index (χ3v) is 8.25. The second-order valence-corrected chi connectivity index (χ2v) is 12.0. The summed E-state index contributed by atoms with van der Waals surface area (Å²) in [5.74, 6) is -0.111. The fourth-order valence-electron chi connectivity index (χ4n) is 6.57. The van der Waals surface area contributed by atoms with Gasteiger partial charge in [-0.15, -0.1) is 0 Å². The monoisotopic (exact) mass is 500 g/mol. The summed E-state index contributed by atoms with van der Waals surface area (Å²) in [5, 5.41) is 11.3. The zero-order valence-corrected chi connectivity index (χ0v) is 22.2. The molecule has 2 aliphatic carbocycles. The van der Waals surface area contributed by atoms with Crippen molar-refractivity contribution in [1.82, 2.24) is 4.90 Å². The second kappa shape index (κ2) is 10.9. The Bertz CT molecular complexity index is 1000. The van der Waals surface area contributed by atoms with Crippen LogP contribution in [0.15, 0.2) is 18.2 Å². The molecule has 0 unspecified atom stereocenters. The lowest BCUT2D eigenvalue weighted by Gasteiger charge is -2.48. The van der Waals surface area contributed by atoms with Gasteiger partial charge in [-0.3, -0.25) is 15.0 Å². The van der Waals surface area contributed by atoms with Gasteiger partial charge in [0, 0.05) is 12.1 Å². The van der Waals surface area contributed by atoms with Crippen LogP contribution in [0.25, 0.3) is 5.57 Å². The summed E-state index contributed by atoms with van der Waals surface area (Å²) in [6.45, 7) is 7.53. The van der Waals surface area contributed by atoms with E-state index in [1.54, 1.807) is 0 Å². The lowest BCUT2D eigenvalue weighted by molar-refractivity contribution is -0.387. The minimum absolute atomic E-state index is 0.0234. The quantitative estimate of drug-likeness (QED) is 0.310. The maximum absolute atomic E-state index is 14.8. The maximum Gasteiger partial charge on any atom is 0.411 e. The van der Waals surface area contributed by atoms with Gasteiger partial charge in [0.05, 0.1) is 11.0 Å². The van der Waals surface area contributed by atoms with Gasteiger partial charge >= 0.3 is 11.8 Å². The summed E-state index contributed by atoms with van der Waals surface area (Å²) in [6, 6.07) is 2.54. The van der Waals surface area contributed by atoms with Gasteiger partial charge in [0.25, 0.3) is 0 Å². The first kappa shape index (κ1) is 26.6. The number of halogens is 1. The number of nitrogens with zero attached hydrogens (tertiary/aromatic N) is 2. The number of carbonyl (C=O) groups excluding carboxylic acids is 1. The van der Waals surface area contributed by atoms with Crippen molar-refractivity contribution in [2.45, 2.75) is 116 Å². The van der Waals surface area contributed by atoms with E-state index in [1.807, 2.05) is 32.6 Å². The van der Waals surface area contributed by atoms with Crippen molar-refractivity contribution in [3.63, 3.8) is 0 Å². The van der Waals surface area contributed by atoms with Crippen molar-refractivity contribution in [3.05, 3.63) is 45.3 Å². The van der Waals surface area contributed by atoms with Gasteiger partial charge in [0.15, 0.2) is 0 Å². The molecule has 198 valence electrons.